The van der Waals surface area contributed by atoms with Crippen molar-refractivity contribution < 1.29 is 14.2 Å². The summed E-state index contributed by atoms with van der Waals surface area (Å²) >= 11 is 0. The number of aryl methyl sites for hydroxylation is 2. The number of imidazole rings is 1. The Hall–Kier alpha value is -3.72. The number of fused-ring (bicyclic) bond motifs is 1. The Morgan fingerprint density at radius 3 is 2.26 bits per heavy atom. The van der Waals surface area contributed by atoms with E-state index < -0.39 is 11.2 Å². The minimum atomic E-state index is -0.515. The zero-order valence-electron chi connectivity index (χ0n) is 19.2. The zero-order valence-corrected chi connectivity index (χ0v) is 19.2. The molecular formula is C25H27FN4O4. The first-order valence-electron chi connectivity index (χ1n) is 11.2. The fourth-order valence-electron chi connectivity index (χ4n) is 3.83. The average Bonchev–Trinajstić information content (AvgIpc) is 3.21. The summed E-state index contributed by atoms with van der Waals surface area (Å²) in [6.45, 7) is 2.45. The van der Waals surface area contributed by atoms with Crippen LogP contribution in [0.1, 0.15) is 30.0 Å². The molecule has 0 spiro atoms. The van der Waals surface area contributed by atoms with Crippen molar-refractivity contribution in [2.24, 2.45) is 7.05 Å². The van der Waals surface area contributed by atoms with E-state index in [1.54, 1.807) is 23.7 Å². The number of benzene rings is 2. The first-order valence-corrected chi connectivity index (χ1v) is 11.2. The standard InChI is InChI=1S/C25H27FN4O4/c1-3-17-5-7-19(8-6-17)16-34-24-27-22-21(30(24)15-18-9-11-20(26)12-10-18)23(32)29(13-4-14-31)25(33)28(22)2/h5-12,31H,3-4,13-16H2,1-2H3. The average molecular weight is 467 g/mol. The summed E-state index contributed by atoms with van der Waals surface area (Å²) in [5.41, 5.74) is 2.28. The summed E-state index contributed by atoms with van der Waals surface area (Å²) in [4.78, 5) is 30.6. The normalized spacial score (nSPS) is 11.3. The molecule has 0 amide bonds. The van der Waals surface area contributed by atoms with Gasteiger partial charge in [-0.25, -0.2) is 9.18 Å². The van der Waals surface area contributed by atoms with E-state index in [1.807, 2.05) is 24.3 Å². The maximum absolute atomic E-state index is 13.4. The highest BCUT2D eigenvalue weighted by Gasteiger charge is 2.21. The van der Waals surface area contributed by atoms with Crippen molar-refractivity contribution >= 4 is 11.2 Å². The van der Waals surface area contributed by atoms with Crippen LogP contribution in [-0.2, 0) is 33.2 Å². The van der Waals surface area contributed by atoms with Crippen molar-refractivity contribution in [3.63, 3.8) is 0 Å². The Morgan fingerprint density at radius 1 is 0.971 bits per heavy atom. The van der Waals surface area contributed by atoms with Crippen LogP contribution in [-0.4, -0.2) is 30.4 Å². The third-order valence-electron chi connectivity index (χ3n) is 5.79. The van der Waals surface area contributed by atoms with E-state index in [0.717, 1.165) is 22.1 Å². The molecule has 4 aromatic rings. The minimum Gasteiger partial charge on any atom is -0.460 e. The highest BCUT2D eigenvalue weighted by Crippen LogP contribution is 2.21. The van der Waals surface area contributed by atoms with Gasteiger partial charge in [-0.05, 0) is 41.7 Å². The molecule has 0 radical (unpaired) electrons. The van der Waals surface area contributed by atoms with Crippen LogP contribution < -0.4 is 16.0 Å². The number of hydrogen-bond acceptors (Lipinski definition) is 5. The lowest BCUT2D eigenvalue weighted by Crippen LogP contribution is -2.39. The van der Waals surface area contributed by atoms with Crippen LogP contribution in [0.4, 0.5) is 4.39 Å². The van der Waals surface area contributed by atoms with Gasteiger partial charge in [0.25, 0.3) is 11.6 Å². The fourth-order valence-corrected chi connectivity index (χ4v) is 3.83. The van der Waals surface area contributed by atoms with E-state index in [0.29, 0.717) is 0 Å². The molecule has 0 atom stereocenters. The molecule has 2 aromatic carbocycles. The second-order valence-corrected chi connectivity index (χ2v) is 8.11. The summed E-state index contributed by atoms with van der Waals surface area (Å²) in [6, 6.07) is 14.1. The molecular weight excluding hydrogens is 439 g/mol. The number of aromatic nitrogens is 4. The van der Waals surface area contributed by atoms with Crippen LogP contribution in [0.3, 0.4) is 0 Å². The van der Waals surface area contributed by atoms with Crippen LogP contribution in [0.25, 0.3) is 11.2 Å². The van der Waals surface area contributed by atoms with Gasteiger partial charge in [0, 0.05) is 20.2 Å². The van der Waals surface area contributed by atoms with E-state index in [9.17, 15) is 19.1 Å². The number of aliphatic hydroxyl groups excluding tert-OH is 1. The van der Waals surface area contributed by atoms with Crippen LogP contribution in [0, 0.1) is 5.82 Å². The summed E-state index contributed by atoms with van der Waals surface area (Å²) in [7, 11) is 1.54. The number of halogens is 1. The van der Waals surface area contributed by atoms with E-state index in [4.69, 9.17) is 4.74 Å². The molecule has 2 aromatic heterocycles. The molecule has 0 bridgehead atoms. The van der Waals surface area contributed by atoms with Gasteiger partial charge in [-0.1, -0.05) is 43.3 Å². The molecule has 4 rings (SSSR count). The summed E-state index contributed by atoms with van der Waals surface area (Å²) in [5, 5.41) is 9.19. The third-order valence-corrected chi connectivity index (χ3v) is 5.79. The predicted octanol–water partition coefficient (Wildman–Crippen LogP) is 2.61. The van der Waals surface area contributed by atoms with Gasteiger partial charge in [-0.3, -0.25) is 18.5 Å². The molecule has 0 unspecified atom stereocenters. The molecule has 1 N–H and O–H groups in total. The number of nitrogens with zero attached hydrogens (tertiary/aromatic N) is 4. The maximum Gasteiger partial charge on any atom is 0.332 e. The van der Waals surface area contributed by atoms with Crippen LogP contribution in [0.15, 0.2) is 58.1 Å². The first-order chi connectivity index (χ1) is 16.4. The smallest absolute Gasteiger partial charge is 0.332 e. The van der Waals surface area contributed by atoms with E-state index in [1.165, 1.54) is 22.3 Å². The van der Waals surface area contributed by atoms with E-state index in [-0.39, 0.29) is 55.7 Å². The van der Waals surface area contributed by atoms with Crippen molar-refractivity contribution in [3.05, 3.63) is 91.9 Å². The van der Waals surface area contributed by atoms with Crippen molar-refractivity contribution in [3.8, 4) is 6.01 Å². The molecule has 2 heterocycles. The summed E-state index contributed by atoms with van der Waals surface area (Å²) in [6.07, 6.45) is 1.20. The fraction of sp³-hybridized carbons (Fsp3) is 0.320. The minimum absolute atomic E-state index is 0.0830. The Balaban J connectivity index is 1.81. The molecule has 0 aliphatic heterocycles. The Bertz CT molecular complexity index is 1400. The SMILES string of the molecule is CCc1ccc(COc2nc3c(c(=O)n(CCCO)c(=O)n3C)n2Cc2ccc(F)cc2)cc1. The number of ether oxygens (including phenoxy) is 1. The number of rotatable bonds is 9. The van der Waals surface area contributed by atoms with Crippen LogP contribution in [0.5, 0.6) is 6.01 Å². The van der Waals surface area contributed by atoms with Crippen molar-refractivity contribution in [1.29, 1.82) is 0 Å². The largest absolute Gasteiger partial charge is 0.460 e. The monoisotopic (exact) mass is 466 g/mol. The molecule has 0 aliphatic carbocycles. The molecule has 0 fully saturated rings. The highest BCUT2D eigenvalue weighted by atomic mass is 19.1. The van der Waals surface area contributed by atoms with Crippen molar-refractivity contribution in [2.75, 3.05) is 6.61 Å². The molecule has 8 nitrogen and oxygen atoms in total. The van der Waals surface area contributed by atoms with Gasteiger partial charge < -0.3 is 9.84 Å². The molecule has 0 aliphatic rings. The number of hydrogen-bond donors (Lipinski definition) is 1. The topological polar surface area (TPSA) is 91.3 Å². The lowest BCUT2D eigenvalue weighted by molar-refractivity contribution is 0.270. The zero-order chi connectivity index (χ0) is 24.2. The Morgan fingerprint density at radius 2 is 1.62 bits per heavy atom. The van der Waals surface area contributed by atoms with Gasteiger partial charge in [0.2, 0.25) is 0 Å². The van der Waals surface area contributed by atoms with Gasteiger partial charge in [-0.2, -0.15) is 4.98 Å². The van der Waals surface area contributed by atoms with E-state index in [2.05, 4.69) is 11.9 Å². The second kappa shape index (κ2) is 10.0. The quantitative estimate of drug-likeness (QED) is 0.410. The summed E-state index contributed by atoms with van der Waals surface area (Å²) in [5.74, 6) is -0.361. The third kappa shape index (κ3) is 4.65. The van der Waals surface area contributed by atoms with Gasteiger partial charge in [0.1, 0.15) is 12.4 Å². The lowest BCUT2D eigenvalue weighted by Gasteiger charge is -2.12. The molecule has 178 valence electrons. The molecule has 34 heavy (non-hydrogen) atoms. The van der Waals surface area contributed by atoms with Gasteiger partial charge in [0.15, 0.2) is 11.2 Å². The van der Waals surface area contributed by atoms with Crippen LogP contribution in [0.2, 0.25) is 0 Å². The molecule has 0 saturated heterocycles. The van der Waals surface area contributed by atoms with Gasteiger partial charge >= 0.3 is 5.69 Å². The molecule has 9 heteroatoms. The Labute approximate surface area is 195 Å². The van der Waals surface area contributed by atoms with Gasteiger partial charge in [0.05, 0.1) is 6.54 Å². The Kier molecular flexibility index (Phi) is 6.93. The maximum atomic E-state index is 13.4. The van der Waals surface area contributed by atoms with Crippen molar-refractivity contribution in [1.82, 2.24) is 18.7 Å². The second-order valence-electron chi connectivity index (χ2n) is 8.11. The lowest BCUT2D eigenvalue weighted by atomic mass is 10.1. The first kappa shape index (κ1) is 23.4. The van der Waals surface area contributed by atoms with Gasteiger partial charge in [-0.15, -0.1) is 0 Å². The predicted molar refractivity (Wildman–Crippen MR) is 127 cm³/mol. The highest BCUT2D eigenvalue weighted by molar-refractivity contribution is 5.72. The molecule has 0 saturated carbocycles. The summed E-state index contributed by atoms with van der Waals surface area (Å²) < 4.78 is 23.5. The number of aliphatic hydroxyl groups is 1. The van der Waals surface area contributed by atoms with E-state index >= 15 is 0 Å². The van der Waals surface area contributed by atoms with Crippen molar-refractivity contribution in [2.45, 2.75) is 39.5 Å². The van der Waals surface area contributed by atoms with Crippen LogP contribution >= 0.6 is 0 Å².